The summed E-state index contributed by atoms with van der Waals surface area (Å²) in [5.41, 5.74) is 2.18. The molecule has 0 bridgehead atoms. The van der Waals surface area contributed by atoms with E-state index in [9.17, 15) is 9.18 Å². The van der Waals surface area contributed by atoms with Crippen LogP contribution < -0.4 is 5.32 Å². The van der Waals surface area contributed by atoms with Crippen LogP contribution in [-0.2, 0) is 12.8 Å². The van der Waals surface area contributed by atoms with E-state index in [1.807, 2.05) is 25.2 Å². The van der Waals surface area contributed by atoms with E-state index >= 15 is 0 Å². The van der Waals surface area contributed by atoms with Crippen LogP contribution in [0.25, 0.3) is 0 Å². The van der Waals surface area contributed by atoms with E-state index in [2.05, 4.69) is 5.32 Å². The summed E-state index contributed by atoms with van der Waals surface area (Å²) in [4.78, 5) is 12.5. The lowest BCUT2D eigenvalue weighted by Crippen LogP contribution is -2.14. The molecule has 0 saturated carbocycles. The average molecular weight is 306 g/mol. The molecule has 0 amide bonds. The number of nitrogens with one attached hydrogen (secondary N) is 1. The quantitative estimate of drug-likeness (QED) is 0.825. The number of carbonyl (C=O) groups is 1. The molecule has 0 atom stereocenters. The highest BCUT2D eigenvalue weighted by Crippen LogP contribution is 2.20. The van der Waals surface area contributed by atoms with Crippen molar-refractivity contribution in [2.75, 3.05) is 13.6 Å². The monoisotopic (exact) mass is 305 g/mol. The van der Waals surface area contributed by atoms with Gasteiger partial charge in [0.15, 0.2) is 5.78 Å². The largest absolute Gasteiger partial charge is 0.319 e. The first-order valence-electron chi connectivity index (χ1n) is 6.81. The lowest BCUT2D eigenvalue weighted by Gasteiger charge is -2.09. The molecule has 0 heterocycles. The van der Waals surface area contributed by atoms with Crippen LogP contribution in [0.5, 0.6) is 0 Å². The van der Waals surface area contributed by atoms with Gasteiger partial charge in [-0.1, -0.05) is 35.9 Å². The zero-order valence-electron chi connectivity index (χ0n) is 11.8. The van der Waals surface area contributed by atoms with Gasteiger partial charge < -0.3 is 5.32 Å². The van der Waals surface area contributed by atoms with Gasteiger partial charge in [-0.05, 0) is 49.3 Å². The van der Waals surface area contributed by atoms with E-state index in [4.69, 9.17) is 11.6 Å². The molecule has 0 spiro atoms. The van der Waals surface area contributed by atoms with E-state index in [1.165, 1.54) is 18.2 Å². The van der Waals surface area contributed by atoms with E-state index in [0.29, 0.717) is 16.1 Å². The maximum atomic E-state index is 13.3. The van der Waals surface area contributed by atoms with E-state index in [-0.39, 0.29) is 18.0 Å². The van der Waals surface area contributed by atoms with Crippen LogP contribution in [0.15, 0.2) is 42.5 Å². The van der Waals surface area contributed by atoms with Gasteiger partial charge in [0.1, 0.15) is 5.82 Å². The number of benzene rings is 2. The van der Waals surface area contributed by atoms with Crippen LogP contribution in [0.4, 0.5) is 4.39 Å². The summed E-state index contributed by atoms with van der Waals surface area (Å²) in [6.45, 7) is 0.797. The Bertz CT molecular complexity index is 642. The van der Waals surface area contributed by atoms with Gasteiger partial charge in [0, 0.05) is 17.0 Å². The van der Waals surface area contributed by atoms with Crippen molar-refractivity contribution < 1.29 is 9.18 Å². The number of hydrogen-bond acceptors (Lipinski definition) is 2. The summed E-state index contributed by atoms with van der Waals surface area (Å²) in [5, 5.41) is 3.48. The van der Waals surface area contributed by atoms with Crippen LogP contribution in [-0.4, -0.2) is 19.4 Å². The maximum absolute atomic E-state index is 13.3. The van der Waals surface area contributed by atoms with Crippen molar-refractivity contribution in [1.29, 1.82) is 0 Å². The fourth-order valence-electron chi connectivity index (χ4n) is 2.22. The molecule has 2 rings (SSSR count). The van der Waals surface area contributed by atoms with Crippen LogP contribution in [0, 0.1) is 5.82 Å². The topological polar surface area (TPSA) is 29.1 Å². The standard InChI is InChI=1S/C17H17ClFNO/c1-20-9-8-12-4-2-3-5-15(12)17(21)11-13-10-14(19)6-7-16(13)18/h2-7,10,20H,8-9,11H2,1H3. The molecular weight excluding hydrogens is 289 g/mol. The van der Waals surface area contributed by atoms with Gasteiger partial charge in [0.25, 0.3) is 0 Å². The van der Waals surface area contributed by atoms with E-state index in [1.54, 1.807) is 6.07 Å². The second-order valence-corrected chi connectivity index (χ2v) is 5.25. The van der Waals surface area contributed by atoms with Gasteiger partial charge in [-0.3, -0.25) is 4.79 Å². The highest BCUT2D eigenvalue weighted by molar-refractivity contribution is 6.31. The summed E-state index contributed by atoms with van der Waals surface area (Å²) >= 11 is 6.02. The molecule has 21 heavy (non-hydrogen) atoms. The Hall–Kier alpha value is -1.71. The molecule has 0 saturated heterocycles. The molecule has 0 aliphatic carbocycles. The number of carbonyl (C=O) groups excluding carboxylic acids is 1. The first-order valence-corrected chi connectivity index (χ1v) is 7.19. The van der Waals surface area contributed by atoms with Crippen LogP contribution in [0.1, 0.15) is 21.5 Å². The van der Waals surface area contributed by atoms with Crippen molar-refractivity contribution in [3.8, 4) is 0 Å². The van der Waals surface area contributed by atoms with Gasteiger partial charge in [-0.25, -0.2) is 4.39 Å². The Balaban J connectivity index is 2.22. The Morgan fingerprint density at radius 2 is 1.95 bits per heavy atom. The van der Waals surface area contributed by atoms with Crippen molar-refractivity contribution in [1.82, 2.24) is 5.32 Å². The lowest BCUT2D eigenvalue weighted by atomic mass is 9.97. The molecule has 0 fully saturated rings. The molecule has 0 aliphatic rings. The Morgan fingerprint density at radius 3 is 2.71 bits per heavy atom. The molecule has 2 aromatic carbocycles. The second-order valence-electron chi connectivity index (χ2n) is 4.85. The first kappa shape index (κ1) is 15.7. The molecule has 0 unspecified atom stereocenters. The fourth-order valence-corrected chi connectivity index (χ4v) is 2.40. The number of hydrogen-bond donors (Lipinski definition) is 1. The van der Waals surface area contributed by atoms with Gasteiger partial charge >= 0.3 is 0 Å². The van der Waals surface area contributed by atoms with Crippen LogP contribution in [0.2, 0.25) is 5.02 Å². The summed E-state index contributed by atoms with van der Waals surface area (Å²) in [7, 11) is 1.87. The predicted octanol–water partition coefficient (Wildman–Crippen LogP) is 3.67. The van der Waals surface area contributed by atoms with Crippen molar-refractivity contribution in [2.45, 2.75) is 12.8 Å². The van der Waals surface area contributed by atoms with Crippen LogP contribution >= 0.6 is 11.6 Å². The minimum Gasteiger partial charge on any atom is -0.319 e. The minimum atomic E-state index is -0.384. The highest BCUT2D eigenvalue weighted by Gasteiger charge is 2.13. The van der Waals surface area contributed by atoms with Crippen molar-refractivity contribution in [3.05, 3.63) is 70.0 Å². The Morgan fingerprint density at radius 1 is 1.19 bits per heavy atom. The van der Waals surface area contributed by atoms with Crippen molar-refractivity contribution in [2.24, 2.45) is 0 Å². The molecule has 2 aromatic rings. The van der Waals surface area contributed by atoms with Gasteiger partial charge in [-0.2, -0.15) is 0 Å². The minimum absolute atomic E-state index is 0.0470. The molecule has 0 radical (unpaired) electrons. The Labute approximate surface area is 128 Å². The number of ketones is 1. The molecule has 1 N–H and O–H groups in total. The molecule has 4 heteroatoms. The smallest absolute Gasteiger partial charge is 0.167 e. The zero-order valence-corrected chi connectivity index (χ0v) is 12.6. The molecular formula is C17H17ClFNO. The Kier molecular flexibility index (Phi) is 5.48. The molecule has 0 aliphatic heterocycles. The third-order valence-corrected chi connectivity index (χ3v) is 3.69. The van der Waals surface area contributed by atoms with Gasteiger partial charge in [-0.15, -0.1) is 0 Å². The van der Waals surface area contributed by atoms with E-state index in [0.717, 1.165) is 18.5 Å². The number of rotatable bonds is 6. The van der Waals surface area contributed by atoms with Gasteiger partial charge in [0.2, 0.25) is 0 Å². The third kappa shape index (κ3) is 4.13. The molecule has 2 nitrogen and oxygen atoms in total. The molecule has 110 valence electrons. The SMILES string of the molecule is CNCCc1ccccc1C(=O)Cc1cc(F)ccc1Cl. The summed E-state index contributed by atoms with van der Waals surface area (Å²) in [6, 6.07) is 11.6. The normalized spacial score (nSPS) is 10.6. The van der Waals surface area contributed by atoms with Crippen LogP contribution in [0.3, 0.4) is 0 Å². The number of Topliss-reactive ketones (excluding diaryl/α,β-unsaturated/α-hetero) is 1. The average Bonchev–Trinajstić information content (AvgIpc) is 2.49. The third-order valence-electron chi connectivity index (χ3n) is 3.32. The van der Waals surface area contributed by atoms with Gasteiger partial charge in [0.05, 0.1) is 0 Å². The maximum Gasteiger partial charge on any atom is 0.167 e. The summed E-state index contributed by atoms with van der Waals surface area (Å²) in [5.74, 6) is -0.431. The predicted molar refractivity (Wildman–Crippen MR) is 83.5 cm³/mol. The molecule has 0 aromatic heterocycles. The van der Waals surface area contributed by atoms with Crippen molar-refractivity contribution in [3.63, 3.8) is 0 Å². The summed E-state index contributed by atoms with van der Waals surface area (Å²) in [6.07, 6.45) is 0.877. The highest BCUT2D eigenvalue weighted by atomic mass is 35.5. The number of likely N-dealkylation sites (N-methyl/N-ethyl adjacent to an activating group) is 1. The van der Waals surface area contributed by atoms with Crippen molar-refractivity contribution >= 4 is 17.4 Å². The second kappa shape index (κ2) is 7.34. The first-order chi connectivity index (χ1) is 10.1. The zero-order chi connectivity index (χ0) is 15.2. The summed E-state index contributed by atoms with van der Waals surface area (Å²) < 4.78 is 13.3. The fraction of sp³-hybridized carbons (Fsp3) is 0.235. The lowest BCUT2D eigenvalue weighted by molar-refractivity contribution is 0.0992. The number of halogens is 2. The van der Waals surface area contributed by atoms with E-state index < -0.39 is 0 Å².